The van der Waals surface area contributed by atoms with Gasteiger partial charge >= 0.3 is 0 Å². The molecule has 2 heterocycles. The molecule has 78 valence electrons. The van der Waals surface area contributed by atoms with Gasteiger partial charge in [0.2, 0.25) is 0 Å². The second-order valence-corrected chi connectivity index (χ2v) is 4.14. The van der Waals surface area contributed by atoms with Crippen LogP contribution in [0.2, 0.25) is 0 Å². The molecule has 2 aromatic rings. The molecule has 0 radical (unpaired) electrons. The predicted molar refractivity (Wildman–Crippen MR) is 60.2 cm³/mol. The lowest BCUT2D eigenvalue weighted by molar-refractivity contribution is 0.792. The zero-order chi connectivity index (χ0) is 10.5. The van der Waals surface area contributed by atoms with Crippen LogP contribution >= 0.6 is 11.8 Å². The summed E-state index contributed by atoms with van der Waals surface area (Å²) >= 11 is 1.72. The van der Waals surface area contributed by atoms with E-state index in [1.165, 1.54) is 0 Å². The molecule has 5 heteroatoms. The summed E-state index contributed by atoms with van der Waals surface area (Å²) in [6.07, 6.45) is 4.72. The van der Waals surface area contributed by atoms with Crippen LogP contribution in [0.15, 0.2) is 35.6 Å². The average molecular weight is 220 g/mol. The van der Waals surface area contributed by atoms with Crippen LogP contribution in [0.3, 0.4) is 0 Å². The van der Waals surface area contributed by atoms with Gasteiger partial charge in [0.25, 0.3) is 0 Å². The summed E-state index contributed by atoms with van der Waals surface area (Å²) in [6, 6.07) is 5.77. The van der Waals surface area contributed by atoms with Crippen molar-refractivity contribution < 1.29 is 0 Å². The molecule has 0 unspecified atom stereocenters. The zero-order valence-corrected chi connectivity index (χ0v) is 9.31. The topological polar surface area (TPSA) is 43.6 Å². The minimum absolute atomic E-state index is 0.751. The van der Waals surface area contributed by atoms with E-state index in [2.05, 4.69) is 22.2 Å². The second kappa shape index (κ2) is 4.93. The maximum Gasteiger partial charge on any atom is 0.175 e. The molecular formula is C10H12N4S. The average Bonchev–Trinajstić information content (AvgIpc) is 2.80. The van der Waals surface area contributed by atoms with Gasteiger partial charge in [-0.25, -0.2) is 4.68 Å². The van der Waals surface area contributed by atoms with Crippen molar-refractivity contribution in [2.75, 3.05) is 5.75 Å². The van der Waals surface area contributed by atoms with E-state index >= 15 is 0 Å². The van der Waals surface area contributed by atoms with E-state index in [0.29, 0.717) is 0 Å². The third-order valence-corrected chi connectivity index (χ3v) is 2.95. The first-order valence-corrected chi connectivity index (χ1v) is 5.85. The maximum absolute atomic E-state index is 4.12. The van der Waals surface area contributed by atoms with E-state index in [1.54, 1.807) is 22.6 Å². The van der Waals surface area contributed by atoms with Crippen LogP contribution < -0.4 is 0 Å². The van der Waals surface area contributed by atoms with Gasteiger partial charge < -0.3 is 0 Å². The largest absolute Gasteiger partial charge is 0.221 e. The molecule has 0 fully saturated rings. The molecule has 4 nitrogen and oxygen atoms in total. The van der Waals surface area contributed by atoms with Crippen LogP contribution in [0.5, 0.6) is 0 Å². The fourth-order valence-electron chi connectivity index (χ4n) is 1.12. The summed E-state index contributed by atoms with van der Waals surface area (Å²) in [5.41, 5.74) is 0. The maximum atomic E-state index is 4.12. The van der Waals surface area contributed by atoms with Crippen molar-refractivity contribution in [1.82, 2.24) is 20.0 Å². The molecule has 15 heavy (non-hydrogen) atoms. The van der Waals surface area contributed by atoms with Gasteiger partial charge in [-0.3, -0.25) is 0 Å². The summed E-state index contributed by atoms with van der Waals surface area (Å²) < 4.78 is 1.70. The van der Waals surface area contributed by atoms with Gasteiger partial charge in [0.05, 0.1) is 0 Å². The Morgan fingerprint density at radius 2 is 2.27 bits per heavy atom. The minimum Gasteiger partial charge on any atom is -0.221 e. The van der Waals surface area contributed by atoms with Crippen molar-refractivity contribution in [3.05, 3.63) is 30.6 Å². The molecule has 0 aromatic carbocycles. The van der Waals surface area contributed by atoms with Crippen LogP contribution in [0.1, 0.15) is 13.3 Å². The van der Waals surface area contributed by atoms with Crippen LogP contribution in [0, 0.1) is 0 Å². The van der Waals surface area contributed by atoms with Crippen molar-refractivity contribution in [3.8, 4) is 5.82 Å². The smallest absolute Gasteiger partial charge is 0.175 e. The summed E-state index contributed by atoms with van der Waals surface area (Å²) in [5, 5.41) is 13.3. The van der Waals surface area contributed by atoms with Gasteiger partial charge in [0.15, 0.2) is 5.82 Å². The van der Waals surface area contributed by atoms with Crippen molar-refractivity contribution >= 4 is 11.8 Å². The molecule has 0 aliphatic rings. The Morgan fingerprint density at radius 3 is 2.87 bits per heavy atom. The Hall–Kier alpha value is -1.36. The van der Waals surface area contributed by atoms with Gasteiger partial charge in [-0.05, 0) is 30.4 Å². The Balaban J connectivity index is 2.11. The SMILES string of the molecule is CCCSc1ccc(-n2cccn2)nn1. The van der Waals surface area contributed by atoms with Gasteiger partial charge in [0.1, 0.15) is 5.03 Å². The fourth-order valence-corrected chi connectivity index (χ4v) is 1.80. The van der Waals surface area contributed by atoms with E-state index in [1.807, 2.05) is 24.4 Å². The highest BCUT2D eigenvalue weighted by molar-refractivity contribution is 7.99. The molecule has 2 aromatic heterocycles. The molecule has 2 rings (SSSR count). The molecule has 0 atom stereocenters. The Labute approximate surface area is 92.7 Å². The summed E-state index contributed by atoms with van der Waals surface area (Å²) in [5.74, 6) is 1.83. The molecule has 0 aliphatic heterocycles. The molecule has 0 aliphatic carbocycles. The molecule has 0 amide bonds. The monoisotopic (exact) mass is 220 g/mol. The molecule has 0 bridgehead atoms. The fraction of sp³-hybridized carbons (Fsp3) is 0.300. The van der Waals surface area contributed by atoms with Crippen LogP contribution in [0.25, 0.3) is 5.82 Å². The summed E-state index contributed by atoms with van der Waals surface area (Å²) in [4.78, 5) is 0. The number of nitrogens with zero attached hydrogens (tertiary/aromatic N) is 4. The first-order valence-electron chi connectivity index (χ1n) is 4.86. The van der Waals surface area contributed by atoms with Gasteiger partial charge in [-0.15, -0.1) is 22.0 Å². The molecule has 0 spiro atoms. The van der Waals surface area contributed by atoms with Crippen LogP contribution in [-0.4, -0.2) is 25.7 Å². The van der Waals surface area contributed by atoms with E-state index < -0.39 is 0 Å². The van der Waals surface area contributed by atoms with Gasteiger partial charge in [-0.2, -0.15) is 5.10 Å². The highest BCUT2D eigenvalue weighted by Crippen LogP contribution is 2.15. The predicted octanol–water partition coefficient (Wildman–Crippen LogP) is 2.16. The van der Waals surface area contributed by atoms with Crippen molar-refractivity contribution in [2.45, 2.75) is 18.4 Å². The van der Waals surface area contributed by atoms with Crippen LogP contribution in [0.4, 0.5) is 0 Å². The quantitative estimate of drug-likeness (QED) is 0.741. The molecule has 0 N–H and O–H groups in total. The minimum atomic E-state index is 0.751. The van der Waals surface area contributed by atoms with Crippen molar-refractivity contribution in [2.24, 2.45) is 0 Å². The van der Waals surface area contributed by atoms with E-state index in [0.717, 1.165) is 23.0 Å². The number of aromatic nitrogens is 4. The van der Waals surface area contributed by atoms with Crippen molar-refractivity contribution in [3.63, 3.8) is 0 Å². The lowest BCUT2D eigenvalue weighted by atomic mass is 10.5. The Kier molecular flexibility index (Phi) is 3.34. The third-order valence-electron chi connectivity index (χ3n) is 1.82. The molecule has 0 saturated heterocycles. The highest BCUT2D eigenvalue weighted by atomic mass is 32.2. The summed E-state index contributed by atoms with van der Waals surface area (Å²) in [6.45, 7) is 2.15. The number of thioether (sulfide) groups is 1. The highest BCUT2D eigenvalue weighted by Gasteiger charge is 1.99. The normalized spacial score (nSPS) is 10.5. The number of hydrogen-bond acceptors (Lipinski definition) is 4. The summed E-state index contributed by atoms with van der Waals surface area (Å²) in [7, 11) is 0. The Morgan fingerprint density at radius 1 is 1.33 bits per heavy atom. The standard InChI is InChI=1S/C10H12N4S/c1-2-8-15-10-5-4-9(12-13-10)14-7-3-6-11-14/h3-7H,2,8H2,1H3. The van der Waals surface area contributed by atoms with Gasteiger partial charge in [-0.1, -0.05) is 6.92 Å². The van der Waals surface area contributed by atoms with E-state index in [9.17, 15) is 0 Å². The van der Waals surface area contributed by atoms with E-state index in [4.69, 9.17) is 0 Å². The Bertz CT molecular complexity index is 396. The van der Waals surface area contributed by atoms with Gasteiger partial charge in [0, 0.05) is 12.4 Å². The lowest BCUT2D eigenvalue weighted by Crippen LogP contribution is -1.99. The molecular weight excluding hydrogens is 208 g/mol. The lowest BCUT2D eigenvalue weighted by Gasteiger charge is -2.00. The first kappa shape index (κ1) is 10.2. The second-order valence-electron chi connectivity index (χ2n) is 3.03. The third kappa shape index (κ3) is 2.56. The van der Waals surface area contributed by atoms with Crippen molar-refractivity contribution in [1.29, 1.82) is 0 Å². The number of hydrogen-bond donors (Lipinski definition) is 0. The van der Waals surface area contributed by atoms with E-state index in [-0.39, 0.29) is 0 Å². The zero-order valence-electron chi connectivity index (χ0n) is 8.50. The first-order chi connectivity index (χ1) is 7.40. The number of rotatable bonds is 4. The van der Waals surface area contributed by atoms with Crippen LogP contribution in [-0.2, 0) is 0 Å². The molecule has 0 saturated carbocycles.